The molecule has 0 spiro atoms. The predicted molar refractivity (Wildman–Crippen MR) is 181 cm³/mol. The monoisotopic (exact) mass is 612 g/mol. The minimum absolute atomic E-state index is 0.125. The van der Waals surface area contributed by atoms with Gasteiger partial charge in [-0.1, -0.05) is 96.3 Å². The van der Waals surface area contributed by atoms with Crippen molar-refractivity contribution in [2.75, 3.05) is 0 Å². The highest BCUT2D eigenvalue weighted by molar-refractivity contribution is 6.80. The van der Waals surface area contributed by atoms with Crippen molar-refractivity contribution in [3.8, 4) is 0 Å². The summed E-state index contributed by atoms with van der Waals surface area (Å²) in [4.78, 5) is 0. The summed E-state index contributed by atoms with van der Waals surface area (Å²) in [6.45, 7) is 24.5. The summed E-state index contributed by atoms with van der Waals surface area (Å²) in [7, 11) is -6.91. The lowest BCUT2D eigenvalue weighted by Crippen LogP contribution is -2.61. The van der Waals surface area contributed by atoms with Crippen LogP contribution < -0.4 is 0 Å². The van der Waals surface area contributed by atoms with Gasteiger partial charge < -0.3 is 13.3 Å². The van der Waals surface area contributed by atoms with Gasteiger partial charge in [-0.05, 0) is 89.0 Å². The lowest BCUT2D eigenvalue weighted by Gasteiger charge is -2.50. The molecule has 0 N–H and O–H groups in total. The molecular weight excluding hydrogens is 545 g/mol. The Hall–Kier alpha value is 0.748. The van der Waals surface area contributed by atoms with E-state index >= 15 is 0 Å². The Morgan fingerprint density at radius 2 is 1.15 bits per heavy atom. The largest absolute Gasteiger partial charge is 0.411 e. The lowest BCUT2D eigenvalue weighted by molar-refractivity contribution is -0.111. The Morgan fingerprint density at radius 1 is 0.667 bits per heavy atom. The lowest BCUT2D eigenvalue weighted by atomic mass is 9.89. The summed E-state index contributed by atoms with van der Waals surface area (Å²) in [6, 6.07) is 10.1. The van der Waals surface area contributed by atoms with Crippen LogP contribution in [0.5, 0.6) is 0 Å². The maximum absolute atomic E-state index is 7.48. The van der Waals surface area contributed by atoms with Crippen LogP contribution in [0.2, 0.25) is 81.6 Å². The highest BCUT2D eigenvalue weighted by atomic mass is 28.4. The zero-order chi connectivity index (χ0) is 29.0. The Labute approximate surface area is 248 Å². The van der Waals surface area contributed by atoms with Crippen molar-refractivity contribution in [2.24, 2.45) is 11.8 Å². The van der Waals surface area contributed by atoms with Crippen LogP contribution >= 0.6 is 0 Å². The molecule has 39 heavy (non-hydrogen) atoms. The van der Waals surface area contributed by atoms with Crippen LogP contribution in [-0.4, -0.2) is 50.8 Å². The first-order valence-corrected chi connectivity index (χ1v) is 29.4. The van der Waals surface area contributed by atoms with Crippen LogP contribution in [0.1, 0.15) is 91.9 Å². The van der Waals surface area contributed by atoms with Gasteiger partial charge in [0.25, 0.3) is 0 Å². The van der Waals surface area contributed by atoms with Crippen LogP contribution in [0.25, 0.3) is 0 Å². The van der Waals surface area contributed by atoms with Crippen LogP contribution in [0, 0.1) is 11.8 Å². The van der Waals surface area contributed by atoms with E-state index in [2.05, 4.69) is 67.0 Å². The molecule has 0 amide bonds. The second kappa shape index (κ2) is 14.0. The van der Waals surface area contributed by atoms with E-state index < -0.39 is 33.0 Å². The molecule has 7 heteroatoms. The molecule has 0 aromatic rings. The number of rotatable bonds is 6. The third-order valence-corrected chi connectivity index (χ3v) is 24.4. The van der Waals surface area contributed by atoms with Gasteiger partial charge in [0.2, 0.25) is 0 Å². The molecule has 2 aliphatic heterocycles. The highest BCUT2D eigenvalue weighted by Gasteiger charge is 2.50. The first-order chi connectivity index (χ1) is 18.1. The summed E-state index contributed by atoms with van der Waals surface area (Å²) < 4.78 is 22.0. The fourth-order valence-corrected chi connectivity index (χ4v) is 22.4. The Morgan fingerprint density at radius 3 is 1.59 bits per heavy atom. The normalized spacial score (nSPS) is 39.8. The van der Waals surface area contributed by atoms with Gasteiger partial charge in [-0.15, -0.1) is 0 Å². The molecule has 3 fully saturated rings. The van der Waals surface area contributed by atoms with Crippen molar-refractivity contribution in [1.82, 2.24) is 0 Å². The van der Waals surface area contributed by atoms with E-state index in [4.69, 9.17) is 13.3 Å². The third-order valence-electron chi connectivity index (χ3n) is 11.2. The van der Waals surface area contributed by atoms with Crippen LogP contribution in [-0.2, 0) is 13.3 Å². The summed E-state index contributed by atoms with van der Waals surface area (Å²) in [6.07, 6.45) is 13.9. The first-order valence-electron chi connectivity index (χ1n) is 17.2. The van der Waals surface area contributed by atoms with E-state index in [1.54, 1.807) is 24.2 Å². The maximum atomic E-state index is 7.48. The maximum Gasteiger partial charge on any atom is 0.187 e. The number of fused-ring (bicyclic) bond motifs is 6. The van der Waals surface area contributed by atoms with Crippen molar-refractivity contribution in [3.05, 3.63) is 0 Å². The van der Waals surface area contributed by atoms with E-state index in [1.165, 1.54) is 69.5 Å². The molecule has 2 saturated heterocycles. The Balaban J connectivity index is 1.98. The molecule has 4 atom stereocenters. The molecule has 0 aromatic heterocycles. The van der Waals surface area contributed by atoms with E-state index in [0.717, 1.165) is 24.7 Å². The minimum Gasteiger partial charge on any atom is -0.411 e. The molecule has 2 heterocycles. The summed E-state index contributed by atoms with van der Waals surface area (Å²) in [5.74, 6) is 1.97. The molecule has 1 saturated carbocycles. The van der Waals surface area contributed by atoms with E-state index in [0.29, 0.717) is 0 Å². The van der Waals surface area contributed by atoms with E-state index in [-0.39, 0.29) is 17.8 Å². The van der Waals surface area contributed by atoms with Gasteiger partial charge >= 0.3 is 0 Å². The fourth-order valence-electron chi connectivity index (χ4n) is 8.89. The van der Waals surface area contributed by atoms with Crippen molar-refractivity contribution < 1.29 is 13.3 Å². The Kier molecular flexibility index (Phi) is 12.3. The van der Waals surface area contributed by atoms with Crippen LogP contribution in [0.3, 0.4) is 0 Å². The molecule has 3 aliphatic rings. The van der Waals surface area contributed by atoms with Gasteiger partial charge in [0, 0.05) is 0 Å². The quantitative estimate of drug-likeness (QED) is 0.279. The molecular formula is C32H68O3Si4. The molecule has 4 unspecified atom stereocenters. The second-order valence-corrected chi connectivity index (χ2v) is 33.9. The summed E-state index contributed by atoms with van der Waals surface area (Å²) in [5, 5.41) is 0. The molecule has 3 nitrogen and oxygen atoms in total. The molecule has 1 aliphatic carbocycles. The smallest absolute Gasteiger partial charge is 0.187 e. The van der Waals surface area contributed by atoms with Gasteiger partial charge in [-0.3, -0.25) is 0 Å². The standard InChI is InChI=1S/C32H68O3Si4/c1-11-30-32(4)31(12-2)34-37(7,8)22-16-26-39(25-15-21-36(5,6)33-30,27-17-23-38(9,10)35-32)24-14-20-29-19-13-18-28(29)3/h28-31H,11-27H2,1-10H3. The first kappa shape index (κ1) is 34.2. The molecule has 0 radical (unpaired) electrons. The summed E-state index contributed by atoms with van der Waals surface area (Å²) in [5.41, 5.74) is -0.359. The van der Waals surface area contributed by atoms with Crippen LogP contribution in [0.15, 0.2) is 0 Å². The van der Waals surface area contributed by atoms with Crippen LogP contribution in [0.4, 0.5) is 0 Å². The topological polar surface area (TPSA) is 27.7 Å². The van der Waals surface area contributed by atoms with Gasteiger partial charge in [-0.25, -0.2) is 0 Å². The number of hydrogen-bond donors (Lipinski definition) is 0. The third kappa shape index (κ3) is 9.62. The summed E-state index contributed by atoms with van der Waals surface area (Å²) >= 11 is 0. The van der Waals surface area contributed by atoms with Crippen molar-refractivity contribution in [2.45, 2.75) is 191 Å². The predicted octanol–water partition coefficient (Wildman–Crippen LogP) is 10.8. The molecule has 2 bridgehead atoms. The van der Waals surface area contributed by atoms with Crippen molar-refractivity contribution >= 4 is 33.0 Å². The van der Waals surface area contributed by atoms with Crippen molar-refractivity contribution in [3.63, 3.8) is 0 Å². The minimum atomic E-state index is -1.90. The molecule has 3 rings (SSSR count). The zero-order valence-corrected chi connectivity index (χ0v) is 32.1. The highest BCUT2D eigenvalue weighted by Crippen LogP contribution is 2.43. The van der Waals surface area contributed by atoms with E-state index in [1.807, 2.05) is 0 Å². The molecule has 0 aromatic carbocycles. The zero-order valence-electron chi connectivity index (χ0n) is 28.1. The Bertz CT molecular complexity index is 724. The SMILES string of the molecule is CCC1O[Si](C)(C)CCC[Si]2(CCCC3CCCC3C)CCC[Si](C)(C)OC(CC)C1(C)O[Si](C)(C)CCC2. The second-order valence-electron chi connectivity index (χ2n) is 16.2. The number of hydrogen-bond acceptors (Lipinski definition) is 3. The van der Waals surface area contributed by atoms with Gasteiger partial charge in [0.05, 0.1) is 20.3 Å². The van der Waals surface area contributed by atoms with Gasteiger partial charge in [0.15, 0.2) is 25.0 Å². The van der Waals surface area contributed by atoms with Gasteiger partial charge in [0.1, 0.15) is 5.60 Å². The van der Waals surface area contributed by atoms with Crippen molar-refractivity contribution in [1.29, 1.82) is 0 Å². The average molecular weight is 613 g/mol. The molecule has 230 valence electrons. The average Bonchev–Trinajstić information content (AvgIpc) is 3.23. The van der Waals surface area contributed by atoms with Gasteiger partial charge in [-0.2, -0.15) is 0 Å². The van der Waals surface area contributed by atoms with E-state index in [9.17, 15) is 0 Å². The fraction of sp³-hybridized carbons (Fsp3) is 1.00.